The van der Waals surface area contributed by atoms with E-state index in [9.17, 15) is 0 Å². The van der Waals surface area contributed by atoms with Gasteiger partial charge < -0.3 is 9.47 Å². The van der Waals surface area contributed by atoms with E-state index in [0.29, 0.717) is 11.8 Å². The Bertz CT molecular complexity index is 3060. The quantitative estimate of drug-likeness (QED) is 0.170. The van der Waals surface area contributed by atoms with Crippen molar-refractivity contribution < 1.29 is 0 Å². The highest BCUT2D eigenvalue weighted by atomic mass is 15.1. The van der Waals surface area contributed by atoms with Crippen LogP contribution in [0.15, 0.2) is 182 Å². The summed E-state index contributed by atoms with van der Waals surface area (Å²) in [5.74, 6) is 2.83. The molecule has 4 aliphatic rings. The summed E-state index contributed by atoms with van der Waals surface area (Å²) in [7, 11) is 0. The van der Waals surface area contributed by atoms with Crippen molar-refractivity contribution in [1.29, 1.82) is 0 Å². The van der Waals surface area contributed by atoms with E-state index >= 15 is 0 Å². The van der Waals surface area contributed by atoms with Gasteiger partial charge in [-0.3, -0.25) is 0 Å². The van der Waals surface area contributed by atoms with Crippen molar-refractivity contribution in [3.8, 4) is 27.9 Å². The minimum Gasteiger partial charge on any atom is -0.309 e. The molecule has 8 aromatic carbocycles. The zero-order chi connectivity index (χ0) is 38.7. The number of anilines is 3. The summed E-state index contributed by atoms with van der Waals surface area (Å²) in [6.07, 6.45) is 8.14. The van der Waals surface area contributed by atoms with Crippen LogP contribution in [0.5, 0.6) is 0 Å². The molecule has 5 unspecified atom stereocenters. The average molecular weight is 759 g/mol. The maximum absolute atomic E-state index is 2.68. The lowest BCUT2D eigenvalue weighted by atomic mass is 9.43. The molecule has 1 spiro atoms. The number of rotatable bonds is 5. The molecule has 3 fully saturated rings. The molecule has 0 amide bonds. The summed E-state index contributed by atoms with van der Waals surface area (Å²) in [6.45, 7) is 0. The molecule has 4 aliphatic carbocycles. The molecule has 3 bridgehead atoms. The molecule has 59 heavy (non-hydrogen) atoms. The molecule has 2 nitrogen and oxygen atoms in total. The maximum atomic E-state index is 2.68. The predicted molar refractivity (Wildman–Crippen MR) is 246 cm³/mol. The lowest BCUT2D eigenvalue weighted by molar-refractivity contribution is -0.0320. The zero-order valence-corrected chi connectivity index (χ0v) is 33.3. The lowest BCUT2D eigenvalue weighted by Crippen LogP contribution is -2.55. The van der Waals surface area contributed by atoms with E-state index in [1.807, 2.05) is 0 Å². The molecule has 284 valence electrons. The minimum absolute atomic E-state index is 0.0625. The fraction of sp³-hybridized carbons (Fsp3) is 0.193. The van der Waals surface area contributed by atoms with Gasteiger partial charge in [-0.05, 0) is 131 Å². The largest absolute Gasteiger partial charge is 0.309 e. The van der Waals surface area contributed by atoms with Crippen LogP contribution in [-0.2, 0) is 5.41 Å². The van der Waals surface area contributed by atoms with Crippen LogP contribution in [0.2, 0.25) is 0 Å². The SMILES string of the molecule is c1ccc(-c2ccccc2N(c2ccc3c(c2)C2(c4c-3cccc4-n3c4ccccc4c4ccccc43)C3CCC4CCC(C3)CC42)c2cccc3ccccc23)cc1. The molecule has 1 heterocycles. The first kappa shape index (κ1) is 33.6. The Labute approximate surface area is 346 Å². The first-order valence-electron chi connectivity index (χ1n) is 22.0. The summed E-state index contributed by atoms with van der Waals surface area (Å²) in [5, 5.41) is 5.18. The van der Waals surface area contributed by atoms with Crippen LogP contribution < -0.4 is 4.90 Å². The van der Waals surface area contributed by atoms with E-state index in [1.54, 1.807) is 11.1 Å². The fourth-order valence-corrected chi connectivity index (χ4v) is 13.2. The molecule has 9 aromatic rings. The third-order valence-corrected chi connectivity index (χ3v) is 15.3. The number of benzene rings is 8. The Morgan fingerprint density at radius 2 is 1.15 bits per heavy atom. The second-order valence-corrected chi connectivity index (χ2v) is 17.9. The summed E-state index contributed by atoms with van der Waals surface area (Å²) in [6, 6.07) is 68.8. The Hall–Kier alpha value is -6.38. The van der Waals surface area contributed by atoms with Crippen molar-refractivity contribution >= 4 is 49.6 Å². The number of fused-ring (bicyclic) bond motifs is 8. The van der Waals surface area contributed by atoms with E-state index in [2.05, 4.69) is 191 Å². The van der Waals surface area contributed by atoms with Gasteiger partial charge in [-0.2, -0.15) is 0 Å². The van der Waals surface area contributed by atoms with E-state index in [1.165, 1.54) is 116 Å². The Kier molecular flexibility index (Phi) is 7.29. The van der Waals surface area contributed by atoms with Crippen molar-refractivity contribution in [3.05, 3.63) is 193 Å². The first-order valence-corrected chi connectivity index (χ1v) is 22.0. The van der Waals surface area contributed by atoms with Gasteiger partial charge in [-0.1, -0.05) is 146 Å². The Balaban J connectivity index is 1.11. The van der Waals surface area contributed by atoms with Gasteiger partial charge in [0.1, 0.15) is 0 Å². The van der Waals surface area contributed by atoms with Crippen LogP contribution in [0.25, 0.3) is 60.5 Å². The summed E-state index contributed by atoms with van der Waals surface area (Å²) >= 11 is 0. The van der Waals surface area contributed by atoms with Crippen LogP contribution in [0, 0.1) is 23.7 Å². The van der Waals surface area contributed by atoms with Crippen LogP contribution in [0.3, 0.4) is 0 Å². The van der Waals surface area contributed by atoms with Gasteiger partial charge in [0.25, 0.3) is 0 Å². The van der Waals surface area contributed by atoms with E-state index < -0.39 is 0 Å². The minimum atomic E-state index is -0.0625. The van der Waals surface area contributed by atoms with Gasteiger partial charge in [0, 0.05) is 32.8 Å². The monoisotopic (exact) mass is 758 g/mol. The van der Waals surface area contributed by atoms with Crippen LogP contribution in [0.4, 0.5) is 17.1 Å². The van der Waals surface area contributed by atoms with Crippen molar-refractivity contribution in [2.75, 3.05) is 4.90 Å². The Morgan fingerprint density at radius 1 is 0.492 bits per heavy atom. The van der Waals surface area contributed by atoms with Crippen molar-refractivity contribution in [3.63, 3.8) is 0 Å². The van der Waals surface area contributed by atoms with Crippen molar-refractivity contribution in [2.45, 2.75) is 43.9 Å². The second-order valence-electron chi connectivity index (χ2n) is 17.9. The fourth-order valence-electron chi connectivity index (χ4n) is 13.2. The number of hydrogen-bond acceptors (Lipinski definition) is 1. The highest BCUT2D eigenvalue weighted by molar-refractivity contribution is 6.10. The van der Waals surface area contributed by atoms with Gasteiger partial charge >= 0.3 is 0 Å². The molecule has 2 heteroatoms. The molecule has 13 rings (SSSR count). The number of para-hydroxylation sites is 3. The normalized spacial score (nSPS) is 22.6. The standard InChI is InChI=1S/C57H46N2/c1-2-14-38(15-3-1)43-19-6-9-23-51(43)58(52-26-12-17-39-16-4-5-18-44(39)52)42-32-33-45-48-22-13-27-55(59-53-24-10-7-20-46(53)47-21-8-11-25-54(47)59)56(48)57(50(45)36-42)41-31-30-40-29-28-37(34-41)35-49(40)57/h1-27,32-33,36-37,40-41,49H,28-31,34-35H2. The molecule has 3 saturated carbocycles. The van der Waals surface area contributed by atoms with E-state index in [0.717, 1.165) is 11.8 Å². The van der Waals surface area contributed by atoms with Gasteiger partial charge in [0.05, 0.1) is 28.1 Å². The number of nitrogens with zero attached hydrogens (tertiary/aromatic N) is 2. The van der Waals surface area contributed by atoms with Gasteiger partial charge in [0.2, 0.25) is 0 Å². The van der Waals surface area contributed by atoms with Crippen molar-refractivity contribution in [2.24, 2.45) is 23.7 Å². The van der Waals surface area contributed by atoms with Gasteiger partial charge in [0.15, 0.2) is 0 Å². The summed E-state index contributed by atoms with van der Waals surface area (Å²) < 4.78 is 2.64. The maximum Gasteiger partial charge on any atom is 0.0541 e. The lowest BCUT2D eigenvalue weighted by Gasteiger charge is -2.60. The molecule has 0 aliphatic heterocycles. The summed E-state index contributed by atoms with van der Waals surface area (Å²) in [5.41, 5.74) is 16.1. The molecule has 1 aromatic heterocycles. The third kappa shape index (κ3) is 4.69. The van der Waals surface area contributed by atoms with Gasteiger partial charge in [-0.25, -0.2) is 0 Å². The second kappa shape index (κ2) is 12.8. The molecular formula is C57H46N2. The van der Waals surface area contributed by atoms with Crippen LogP contribution >= 0.6 is 0 Å². The third-order valence-electron chi connectivity index (χ3n) is 15.3. The topological polar surface area (TPSA) is 8.17 Å². The zero-order valence-electron chi connectivity index (χ0n) is 33.3. The molecular weight excluding hydrogens is 713 g/mol. The van der Waals surface area contributed by atoms with Crippen LogP contribution in [0.1, 0.15) is 49.7 Å². The Morgan fingerprint density at radius 3 is 2.00 bits per heavy atom. The number of aromatic nitrogens is 1. The van der Waals surface area contributed by atoms with E-state index in [-0.39, 0.29) is 5.41 Å². The molecule has 0 N–H and O–H groups in total. The highest BCUT2D eigenvalue weighted by Gasteiger charge is 2.62. The first-order chi connectivity index (χ1) is 29.3. The molecule has 0 saturated heterocycles. The number of hydrogen-bond donors (Lipinski definition) is 0. The molecule has 0 radical (unpaired) electrons. The van der Waals surface area contributed by atoms with Crippen molar-refractivity contribution in [1.82, 2.24) is 4.57 Å². The summed E-state index contributed by atoms with van der Waals surface area (Å²) in [4.78, 5) is 2.58. The molecule has 5 atom stereocenters. The average Bonchev–Trinajstić information content (AvgIpc) is 3.77. The highest BCUT2D eigenvalue weighted by Crippen LogP contribution is 2.70. The smallest absolute Gasteiger partial charge is 0.0541 e. The van der Waals surface area contributed by atoms with Gasteiger partial charge in [-0.15, -0.1) is 0 Å². The predicted octanol–water partition coefficient (Wildman–Crippen LogP) is 15.2. The van der Waals surface area contributed by atoms with Crippen LogP contribution in [-0.4, -0.2) is 4.57 Å². The van der Waals surface area contributed by atoms with E-state index in [4.69, 9.17) is 0 Å².